The molecule has 0 radical (unpaired) electrons. The van der Waals surface area contributed by atoms with E-state index in [1.807, 2.05) is 0 Å². The number of nitrogen functional groups attached to an aromatic ring is 2. The fourth-order valence-corrected chi connectivity index (χ4v) is 4.03. The Bertz CT molecular complexity index is 1480. The molecule has 0 fully saturated rings. The molecule has 4 aromatic rings. The Balaban J connectivity index is 1.94. The fraction of sp³-hybridized carbons (Fsp3) is 0.200. The third-order valence-corrected chi connectivity index (χ3v) is 5.82. The van der Waals surface area contributed by atoms with Gasteiger partial charge in [-0.2, -0.15) is 22.0 Å². The molecule has 4 rings (SSSR count). The quantitative estimate of drug-likeness (QED) is 0.238. The summed E-state index contributed by atoms with van der Waals surface area (Å²) in [6.45, 7) is 0. The van der Waals surface area contributed by atoms with Crippen LogP contribution in [0.4, 0.5) is 38.0 Å². The Morgan fingerprint density at radius 1 is 0.730 bits per heavy atom. The first kappa shape index (κ1) is 25.9. The van der Waals surface area contributed by atoms with Crippen LogP contribution in [0.2, 0.25) is 0 Å². The number of ether oxygens (including phenoxy) is 2. The average molecular weight is 522 g/mol. The van der Waals surface area contributed by atoms with Crippen molar-refractivity contribution in [2.75, 3.05) is 25.7 Å². The fourth-order valence-electron chi connectivity index (χ4n) is 4.03. The molecule has 0 amide bonds. The molecule has 0 aliphatic carbocycles. The molecule has 1 atom stereocenters. The number of aromatic nitrogens is 2. The first-order valence-corrected chi connectivity index (χ1v) is 10.6. The van der Waals surface area contributed by atoms with Crippen LogP contribution in [-0.4, -0.2) is 30.4 Å². The van der Waals surface area contributed by atoms with Crippen LogP contribution in [0.1, 0.15) is 11.1 Å². The van der Waals surface area contributed by atoms with Crippen LogP contribution in [0.3, 0.4) is 0 Å². The summed E-state index contributed by atoms with van der Waals surface area (Å²) >= 11 is 0. The molecule has 0 aliphatic rings. The van der Waals surface area contributed by atoms with Crippen LogP contribution in [0.15, 0.2) is 60.7 Å². The maximum absolute atomic E-state index is 15.7. The van der Waals surface area contributed by atoms with E-state index in [-0.39, 0.29) is 39.5 Å². The highest BCUT2D eigenvalue weighted by Crippen LogP contribution is 2.57. The minimum atomic E-state index is -5.99. The van der Waals surface area contributed by atoms with Gasteiger partial charge in [0, 0.05) is 33.8 Å². The molecule has 1 aromatic heterocycles. The Labute approximate surface area is 206 Å². The zero-order valence-corrected chi connectivity index (χ0v) is 19.4. The minimum absolute atomic E-state index is 0.0153. The molecule has 1 heterocycles. The van der Waals surface area contributed by atoms with Crippen molar-refractivity contribution in [3.8, 4) is 22.8 Å². The smallest absolute Gasteiger partial charge is 0.433 e. The predicted molar refractivity (Wildman–Crippen MR) is 126 cm³/mol. The van der Waals surface area contributed by atoms with Gasteiger partial charge in [0.2, 0.25) is 5.95 Å². The Morgan fingerprint density at radius 3 is 1.97 bits per heavy atom. The molecule has 0 bridgehead atoms. The normalized spacial score (nSPS) is 13.8. The summed E-state index contributed by atoms with van der Waals surface area (Å²) in [4.78, 5) is 8.20. The number of hydrogen-bond donors (Lipinski definition) is 2. The maximum atomic E-state index is 15.7. The van der Waals surface area contributed by atoms with Crippen molar-refractivity contribution in [3.05, 3.63) is 71.8 Å². The molecule has 0 spiro atoms. The molecular formula is C25H20F6N4O2. The largest absolute Gasteiger partial charge is 0.493 e. The lowest BCUT2D eigenvalue weighted by molar-refractivity contribution is -0.314. The van der Waals surface area contributed by atoms with Gasteiger partial charge in [-0.25, -0.2) is 14.4 Å². The first-order chi connectivity index (χ1) is 17.3. The molecule has 6 nitrogen and oxygen atoms in total. The lowest BCUT2D eigenvalue weighted by Crippen LogP contribution is -2.51. The van der Waals surface area contributed by atoms with Gasteiger partial charge in [-0.05, 0) is 24.3 Å². The summed E-state index contributed by atoms with van der Waals surface area (Å²) in [5.41, 5.74) is 3.53. The monoisotopic (exact) mass is 522 g/mol. The van der Waals surface area contributed by atoms with E-state index in [0.717, 1.165) is 24.3 Å². The Morgan fingerprint density at radius 2 is 1.35 bits per heavy atom. The van der Waals surface area contributed by atoms with Crippen molar-refractivity contribution in [1.29, 1.82) is 0 Å². The Kier molecular flexibility index (Phi) is 6.30. The topological polar surface area (TPSA) is 96.3 Å². The summed E-state index contributed by atoms with van der Waals surface area (Å²) in [6, 6.07) is 10.0. The highest BCUT2D eigenvalue weighted by atomic mass is 19.4. The standard InChI is InChI=1S/C25H20F6N4O2/c1-36-19-11-17-18(12-20(19)37-2)34-22(33)35-21(17)13-5-3-7-15(9-13)24(27,28)23(26,25(29,30)31)14-6-4-8-16(32)10-14/h3-12H,32H2,1-2H3,(H2,33,34,35). The summed E-state index contributed by atoms with van der Waals surface area (Å²) in [7, 11) is 2.77. The van der Waals surface area contributed by atoms with E-state index < -0.39 is 28.9 Å². The lowest BCUT2D eigenvalue weighted by Gasteiger charge is -2.35. The number of hydrogen-bond acceptors (Lipinski definition) is 6. The molecule has 1 unspecified atom stereocenters. The second-order valence-electron chi connectivity index (χ2n) is 8.09. The van der Waals surface area contributed by atoms with Gasteiger partial charge >= 0.3 is 12.1 Å². The number of anilines is 2. The van der Waals surface area contributed by atoms with Gasteiger partial charge in [0.15, 0.2) is 11.5 Å². The Hall–Kier alpha value is -4.22. The van der Waals surface area contributed by atoms with Crippen LogP contribution in [0.25, 0.3) is 22.2 Å². The SMILES string of the molecule is COc1cc2nc(N)nc(-c3cccc(C(F)(F)C(F)(c4cccc(N)c4)C(F)(F)F)c3)c2cc1OC. The molecule has 37 heavy (non-hydrogen) atoms. The predicted octanol–water partition coefficient (Wildman–Crippen LogP) is 6.00. The molecular weight excluding hydrogens is 502 g/mol. The second-order valence-corrected chi connectivity index (χ2v) is 8.09. The number of alkyl halides is 6. The maximum Gasteiger partial charge on any atom is 0.433 e. The van der Waals surface area contributed by atoms with E-state index in [2.05, 4.69) is 9.97 Å². The molecule has 0 aliphatic heterocycles. The summed E-state index contributed by atoms with van der Waals surface area (Å²) in [5.74, 6) is -4.74. The summed E-state index contributed by atoms with van der Waals surface area (Å²) < 4.78 is 99.3. The van der Waals surface area contributed by atoms with Crippen molar-refractivity contribution in [1.82, 2.24) is 9.97 Å². The van der Waals surface area contributed by atoms with Crippen molar-refractivity contribution in [2.24, 2.45) is 0 Å². The van der Waals surface area contributed by atoms with Gasteiger partial charge in [0.25, 0.3) is 5.67 Å². The van der Waals surface area contributed by atoms with E-state index in [1.165, 1.54) is 32.4 Å². The zero-order valence-electron chi connectivity index (χ0n) is 19.4. The van der Waals surface area contributed by atoms with Gasteiger partial charge in [0.1, 0.15) is 0 Å². The van der Waals surface area contributed by atoms with Crippen LogP contribution in [-0.2, 0) is 11.6 Å². The molecule has 3 aromatic carbocycles. The number of nitrogens with two attached hydrogens (primary N) is 2. The summed E-state index contributed by atoms with van der Waals surface area (Å²) in [6.07, 6.45) is -5.99. The molecule has 4 N–H and O–H groups in total. The van der Waals surface area contributed by atoms with Gasteiger partial charge in [-0.3, -0.25) is 0 Å². The minimum Gasteiger partial charge on any atom is -0.493 e. The van der Waals surface area contributed by atoms with Gasteiger partial charge < -0.3 is 20.9 Å². The summed E-state index contributed by atoms with van der Waals surface area (Å²) in [5, 5.41) is 0.283. The van der Waals surface area contributed by atoms with Gasteiger partial charge in [-0.1, -0.05) is 30.3 Å². The molecule has 0 saturated carbocycles. The highest BCUT2D eigenvalue weighted by Gasteiger charge is 2.72. The number of benzene rings is 3. The highest BCUT2D eigenvalue weighted by molar-refractivity contribution is 5.95. The van der Waals surface area contributed by atoms with E-state index in [9.17, 15) is 13.2 Å². The van der Waals surface area contributed by atoms with Crippen LogP contribution in [0, 0.1) is 0 Å². The lowest BCUT2D eigenvalue weighted by atomic mass is 9.83. The number of nitrogens with zero attached hydrogens (tertiary/aromatic N) is 2. The molecule has 12 heteroatoms. The molecule has 0 saturated heterocycles. The second kappa shape index (κ2) is 9.02. The molecule has 194 valence electrons. The average Bonchev–Trinajstić information content (AvgIpc) is 2.86. The van der Waals surface area contributed by atoms with E-state index >= 15 is 13.2 Å². The van der Waals surface area contributed by atoms with Crippen molar-refractivity contribution in [3.63, 3.8) is 0 Å². The van der Waals surface area contributed by atoms with Crippen molar-refractivity contribution >= 4 is 22.5 Å². The van der Waals surface area contributed by atoms with Crippen molar-refractivity contribution < 1.29 is 35.8 Å². The zero-order chi connectivity index (χ0) is 27.2. The first-order valence-electron chi connectivity index (χ1n) is 10.6. The van der Waals surface area contributed by atoms with Crippen LogP contribution in [0.5, 0.6) is 11.5 Å². The number of fused-ring (bicyclic) bond motifs is 1. The number of methoxy groups -OCH3 is 2. The van der Waals surface area contributed by atoms with E-state index in [1.54, 1.807) is 0 Å². The third kappa shape index (κ3) is 4.21. The number of rotatable bonds is 6. The van der Waals surface area contributed by atoms with E-state index in [4.69, 9.17) is 20.9 Å². The van der Waals surface area contributed by atoms with Crippen molar-refractivity contribution in [2.45, 2.75) is 17.8 Å². The number of halogens is 6. The van der Waals surface area contributed by atoms with Gasteiger partial charge in [0.05, 0.1) is 25.4 Å². The van der Waals surface area contributed by atoms with E-state index in [0.29, 0.717) is 23.9 Å². The van der Waals surface area contributed by atoms with Crippen LogP contribution < -0.4 is 20.9 Å². The van der Waals surface area contributed by atoms with Gasteiger partial charge in [-0.15, -0.1) is 0 Å². The third-order valence-electron chi connectivity index (χ3n) is 5.82. The van der Waals surface area contributed by atoms with Crippen LogP contribution >= 0.6 is 0 Å².